The van der Waals surface area contributed by atoms with Gasteiger partial charge >= 0.3 is 5.97 Å². The Balaban J connectivity index is 1.86. The second kappa shape index (κ2) is 10.5. The zero-order valence-corrected chi connectivity index (χ0v) is 17.3. The fraction of sp³-hybridized carbons (Fsp3) is 0.333. The van der Waals surface area contributed by atoms with Crippen LogP contribution in [0.15, 0.2) is 60.2 Å². The lowest BCUT2D eigenvalue weighted by molar-refractivity contribution is -0.132. The smallest absolute Gasteiger partial charge is 0.331 e. The van der Waals surface area contributed by atoms with E-state index in [0.717, 1.165) is 17.7 Å². The number of aliphatic carboxylic acids is 1. The number of benzene rings is 2. The SMILES string of the molecule is CCC(=Cc1ccc(NC(=O)C(C)(C)CCCOc2ccccc2)cc1)C(=O)O. The average molecular weight is 395 g/mol. The number of ether oxygens (including phenoxy) is 1. The van der Waals surface area contributed by atoms with E-state index in [1.54, 1.807) is 30.3 Å². The predicted molar refractivity (Wildman–Crippen MR) is 116 cm³/mol. The minimum atomic E-state index is -0.914. The highest BCUT2D eigenvalue weighted by Crippen LogP contribution is 2.25. The van der Waals surface area contributed by atoms with Gasteiger partial charge in [-0.25, -0.2) is 4.79 Å². The van der Waals surface area contributed by atoms with Gasteiger partial charge in [-0.05, 0) is 55.2 Å². The van der Waals surface area contributed by atoms with Gasteiger partial charge < -0.3 is 15.2 Å². The lowest BCUT2D eigenvalue weighted by Gasteiger charge is -2.23. The Morgan fingerprint density at radius 2 is 1.72 bits per heavy atom. The second-order valence-electron chi connectivity index (χ2n) is 7.55. The van der Waals surface area contributed by atoms with E-state index < -0.39 is 11.4 Å². The van der Waals surface area contributed by atoms with Crippen LogP contribution in [0.25, 0.3) is 6.08 Å². The molecule has 0 aliphatic heterocycles. The molecule has 0 spiro atoms. The molecule has 5 nitrogen and oxygen atoms in total. The molecule has 0 fully saturated rings. The topological polar surface area (TPSA) is 75.6 Å². The van der Waals surface area contributed by atoms with E-state index in [2.05, 4.69) is 5.32 Å². The Hall–Kier alpha value is -3.08. The van der Waals surface area contributed by atoms with Crippen molar-refractivity contribution in [3.8, 4) is 5.75 Å². The van der Waals surface area contributed by atoms with Gasteiger partial charge in [0.25, 0.3) is 0 Å². The number of hydrogen-bond donors (Lipinski definition) is 2. The molecule has 0 saturated carbocycles. The van der Waals surface area contributed by atoms with E-state index in [4.69, 9.17) is 9.84 Å². The van der Waals surface area contributed by atoms with Crippen molar-refractivity contribution in [2.24, 2.45) is 5.41 Å². The van der Waals surface area contributed by atoms with Crippen molar-refractivity contribution >= 4 is 23.6 Å². The lowest BCUT2D eigenvalue weighted by atomic mass is 9.87. The van der Waals surface area contributed by atoms with Crippen LogP contribution in [-0.4, -0.2) is 23.6 Å². The molecule has 154 valence electrons. The van der Waals surface area contributed by atoms with Crippen molar-refractivity contribution in [2.75, 3.05) is 11.9 Å². The molecule has 0 aromatic heterocycles. The number of hydrogen-bond acceptors (Lipinski definition) is 3. The largest absolute Gasteiger partial charge is 0.494 e. The number of carbonyl (C=O) groups is 2. The summed E-state index contributed by atoms with van der Waals surface area (Å²) in [6, 6.07) is 16.8. The molecule has 1 amide bonds. The number of carboxylic acid groups (broad SMARTS) is 1. The maximum absolute atomic E-state index is 12.7. The van der Waals surface area contributed by atoms with Crippen LogP contribution >= 0.6 is 0 Å². The van der Waals surface area contributed by atoms with Gasteiger partial charge in [0.1, 0.15) is 5.75 Å². The van der Waals surface area contributed by atoms with E-state index in [1.807, 2.05) is 51.1 Å². The van der Waals surface area contributed by atoms with Gasteiger partial charge in [0.2, 0.25) is 5.91 Å². The highest BCUT2D eigenvalue weighted by atomic mass is 16.5. The quantitative estimate of drug-likeness (QED) is 0.418. The minimum Gasteiger partial charge on any atom is -0.494 e. The van der Waals surface area contributed by atoms with E-state index in [0.29, 0.717) is 30.7 Å². The van der Waals surface area contributed by atoms with Gasteiger partial charge in [-0.2, -0.15) is 0 Å². The zero-order chi connectivity index (χ0) is 21.3. The molecule has 2 rings (SSSR count). The van der Waals surface area contributed by atoms with Crippen LogP contribution in [0.3, 0.4) is 0 Å². The molecular weight excluding hydrogens is 366 g/mol. The van der Waals surface area contributed by atoms with Gasteiger partial charge in [-0.15, -0.1) is 0 Å². The fourth-order valence-electron chi connectivity index (χ4n) is 2.81. The Bertz CT molecular complexity index is 839. The lowest BCUT2D eigenvalue weighted by Crippen LogP contribution is -2.31. The first-order valence-corrected chi connectivity index (χ1v) is 9.85. The fourth-order valence-corrected chi connectivity index (χ4v) is 2.81. The third-order valence-corrected chi connectivity index (χ3v) is 4.74. The summed E-state index contributed by atoms with van der Waals surface area (Å²) in [5, 5.41) is 12.1. The van der Waals surface area contributed by atoms with E-state index in [9.17, 15) is 9.59 Å². The number of carbonyl (C=O) groups excluding carboxylic acids is 1. The first kappa shape index (κ1) is 22.2. The number of amides is 1. The van der Waals surface area contributed by atoms with Crippen molar-refractivity contribution in [1.29, 1.82) is 0 Å². The average Bonchev–Trinajstić information content (AvgIpc) is 2.71. The molecule has 0 saturated heterocycles. The van der Waals surface area contributed by atoms with Crippen molar-refractivity contribution < 1.29 is 19.4 Å². The van der Waals surface area contributed by atoms with Crippen LogP contribution in [-0.2, 0) is 9.59 Å². The number of para-hydroxylation sites is 1. The molecule has 5 heteroatoms. The van der Waals surface area contributed by atoms with Gasteiger partial charge in [0, 0.05) is 16.7 Å². The van der Waals surface area contributed by atoms with E-state index in [1.165, 1.54) is 0 Å². The first-order chi connectivity index (χ1) is 13.8. The molecule has 0 heterocycles. The second-order valence-corrected chi connectivity index (χ2v) is 7.55. The van der Waals surface area contributed by atoms with Crippen LogP contribution in [0.4, 0.5) is 5.69 Å². The van der Waals surface area contributed by atoms with Gasteiger partial charge in [0.15, 0.2) is 0 Å². The molecule has 29 heavy (non-hydrogen) atoms. The number of nitrogens with one attached hydrogen (secondary N) is 1. The Morgan fingerprint density at radius 1 is 1.07 bits per heavy atom. The molecular formula is C24H29NO4. The molecule has 2 N–H and O–H groups in total. The number of carboxylic acids is 1. The summed E-state index contributed by atoms with van der Waals surface area (Å²) in [7, 11) is 0. The Kier molecular flexibility index (Phi) is 8.01. The summed E-state index contributed by atoms with van der Waals surface area (Å²) in [6.45, 7) is 6.21. The maximum Gasteiger partial charge on any atom is 0.331 e. The number of rotatable bonds is 10. The summed E-state index contributed by atoms with van der Waals surface area (Å²) in [4.78, 5) is 23.8. The molecule has 0 atom stereocenters. The zero-order valence-electron chi connectivity index (χ0n) is 17.3. The van der Waals surface area contributed by atoms with Gasteiger partial charge in [-0.1, -0.05) is 51.1 Å². The normalized spacial score (nSPS) is 11.8. The van der Waals surface area contributed by atoms with Crippen molar-refractivity contribution in [3.63, 3.8) is 0 Å². The third kappa shape index (κ3) is 7.11. The molecule has 0 unspecified atom stereocenters. The van der Waals surface area contributed by atoms with Crippen molar-refractivity contribution in [3.05, 3.63) is 65.7 Å². The van der Waals surface area contributed by atoms with Crippen molar-refractivity contribution in [2.45, 2.75) is 40.0 Å². The van der Waals surface area contributed by atoms with Crippen LogP contribution in [0.1, 0.15) is 45.6 Å². The molecule has 0 aliphatic carbocycles. The van der Waals surface area contributed by atoms with Crippen LogP contribution in [0.5, 0.6) is 5.75 Å². The summed E-state index contributed by atoms with van der Waals surface area (Å²) in [5.74, 6) is -0.138. The molecule has 2 aromatic carbocycles. The Labute approximate surface area is 172 Å². The van der Waals surface area contributed by atoms with Crippen LogP contribution < -0.4 is 10.1 Å². The number of anilines is 1. The van der Waals surface area contributed by atoms with Gasteiger partial charge in [-0.3, -0.25) is 4.79 Å². The third-order valence-electron chi connectivity index (χ3n) is 4.74. The highest BCUT2D eigenvalue weighted by molar-refractivity contribution is 5.95. The summed E-state index contributed by atoms with van der Waals surface area (Å²) in [5.41, 5.74) is 1.30. The first-order valence-electron chi connectivity index (χ1n) is 9.85. The van der Waals surface area contributed by atoms with Crippen molar-refractivity contribution in [1.82, 2.24) is 0 Å². The van der Waals surface area contributed by atoms with Crippen LogP contribution in [0.2, 0.25) is 0 Å². The summed E-state index contributed by atoms with van der Waals surface area (Å²) >= 11 is 0. The van der Waals surface area contributed by atoms with Gasteiger partial charge in [0.05, 0.1) is 6.61 Å². The molecule has 0 aliphatic rings. The highest BCUT2D eigenvalue weighted by Gasteiger charge is 2.27. The standard InChI is InChI=1S/C24H29NO4/c1-4-19(22(26)27)17-18-11-13-20(14-12-18)25-23(28)24(2,3)15-8-16-29-21-9-6-5-7-10-21/h5-7,9-14,17H,4,8,15-16H2,1-3H3,(H,25,28)(H,26,27). The minimum absolute atomic E-state index is 0.0553. The molecule has 0 radical (unpaired) electrons. The Morgan fingerprint density at radius 3 is 2.31 bits per heavy atom. The predicted octanol–water partition coefficient (Wildman–Crippen LogP) is 5.39. The maximum atomic E-state index is 12.7. The van der Waals surface area contributed by atoms with E-state index in [-0.39, 0.29) is 5.91 Å². The summed E-state index contributed by atoms with van der Waals surface area (Å²) < 4.78 is 5.69. The van der Waals surface area contributed by atoms with Crippen LogP contribution in [0, 0.1) is 5.41 Å². The molecule has 2 aromatic rings. The molecule has 0 bridgehead atoms. The summed E-state index contributed by atoms with van der Waals surface area (Å²) in [6.07, 6.45) is 3.57. The monoisotopic (exact) mass is 395 g/mol. The van der Waals surface area contributed by atoms with E-state index >= 15 is 0 Å².